The molecule has 3 aromatic rings. The second kappa shape index (κ2) is 12.8. The van der Waals surface area contributed by atoms with Crippen molar-refractivity contribution in [1.82, 2.24) is 29.2 Å². The molecular formula is C27H38N6O6S. The highest BCUT2D eigenvalue weighted by atomic mass is 32.2. The Labute approximate surface area is 234 Å². The Balaban J connectivity index is 1.66. The van der Waals surface area contributed by atoms with Crippen molar-refractivity contribution >= 4 is 21.6 Å². The smallest absolute Gasteiger partial charge is 0.409 e. The number of carbonyl (C=O) groups excluding carboxylic acids is 1. The van der Waals surface area contributed by atoms with E-state index in [-0.39, 0.29) is 35.3 Å². The first-order valence-corrected chi connectivity index (χ1v) is 15.2. The van der Waals surface area contributed by atoms with Crippen LogP contribution in [-0.4, -0.2) is 72.8 Å². The lowest BCUT2D eigenvalue weighted by Gasteiger charge is -2.15. The van der Waals surface area contributed by atoms with Gasteiger partial charge < -0.3 is 19.4 Å². The van der Waals surface area contributed by atoms with E-state index in [0.29, 0.717) is 35.6 Å². The normalized spacial score (nSPS) is 14.7. The lowest BCUT2D eigenvalue weighted by molar-refractivity contribution is 0.117. The molecule has 0 aliphatic heterocycles. The number of benzene rings is 1. The van der Waals surface area contributed by atoms with Gasteiger partial charge in [0.15, 0.2) is 11.3 Å². The fourth-order valence-electron chi connectivity index (χ4n) is 4.91. The van der Waals surface area contributed by atoms with Crippen molar-refractivity contribution in [3.8, 4) is 17.1 Å². The lowest BCUT2D eigenvalue weighted by Crippen LogP contribution is -2.27. The van der Waals surface area contributed by atoms with E-state index in [4.69, 9.17) is 19.6 Å². The molecule has 0 atom stereocenters. The van der Waals surface area contributed by atoms with Crippen LogP contribution in [0.25, 0.3) is 16.9 Å². The molecule has 0 unspecified atom stereocenters. The maximum Gasteiger partial charge on any atom is 0.409 e. The Morgan fingerprint density at radius 1 is 1.20 bits per heavy atom. The summed E-state index contributed by atoms with van der Waals surface area (Å²) < 4.78 is 41.2. The average Bonchev–Trinajstić information content (AvgIpc) is 3.07. The van der Waals surface area contributed by atoms with Gasteiger partial charge in [-0.05, 0) is 51.3 Å². The Kier molecular flexibility index (Phi) is 9.46. The van der Waals surface area contributed by atoms with Gasteiger partial charge in [0.25, 0.3) is 5.56 Å². The van der Waals surface area contributed by atoms with E-state index in [1.54, 1.807) is 31.6 Å². The van der Waals surface area contributed by atoms with Crippen LogP contribution >= 0.6 is 0 Å². The lowest BCUT2D eigenvalue weighted by atomic mass is 10.00. The van der Waals surface area contributed by atoms with E-state index in [1.165, 1.54) is 29.9 Å². The van der Waals surface area contributed by atoms with Crippen molar-refractivity contribution in [2.24, 2.45) is 0 Å². The Morgan fingerprint density at radius 3 is 2.60 bits per heavy atom. The minimum absolute atomic E-state index is 0.00946. The van der Waals surface area contributed by atoms with Gasteiger partial charge in [-0.3, -0.25) is 4.79 Å². The first-order valence-electron chi connectivity index (χ1n) is 13.7. The molecule has 1 aliphatic carbocycles. The molecule has 0 spiro atoms. The summed E-state index contributed by atoms with van der Waals surface area (Å²) in [6, 6.07) is 4.44. The molecule has 40 heavy (non-hydrogen) atoms. The van der Waals surface area contributed by atoms with E-state index in [2.05, 4.69) is 9.71 Å². The predicted octanol–water partition coefficient (Wildman–Crippen LogP) is 3.60. The van der Waals surface area contributed by atoms with Crippen LogP contribution in [0, 0.1) is 6.92 Å². The van der Waals surface area contributed by atoms with Gasteiger partial charge in [-0.25, -0.2) is 27.4 Å². The highest BCUT2D eigenvalue weighted by Crippen LogP contribution is 2.33. The van der Waals surface area contributed by atoms with Crippen LogP contribution in [0.5, 0.6) is 5.75 Å². The monoisotopic (exact) mass is 574 g/mol. The average molecular weight is 575 g/mol. The standard InChI is InChI=1S/C27H38N6O6S/c1-5-38-22-14-13-20(40(36,37)28-15-10-16-39-27(35)32(3)4)17-21(22)24-30-26(34)23-18(2)29-25(33(23)31-24)19-11-8-6-7-9-12-19/h13-14,17,19,28H,5-12,15-16H2,1-4H3,(H,30,31,34). The van der Waals surface area contributed by atoms with E-state index in [1.807, 2.05) is 6.92 Å². The predicted molar refractivity (Wildman–Crippen MR) is 150 cm³/mol. The summed E-state index contributed by atoms with van der Waals surface area (Å²) in [5.74, 6) is 1.55. The fourth-order valence-corrected chi connectivity index (χ4v) is 6.01. The number of hydrogen-bond acceptors (Lipinski definition) is 8. The maximum atomic E-state index is 13.2. The van der Waals surface area contributed by atoms with Gasteiger partial charge in [-0.1, -0.05) is 25.7 Å². The molecule has 0 saturated heterocycles. The minimum Gasteiger partial charge on any atom is -0.493 e. The van der Waals surface area contributed by atoms with Gasteiger partial charge in [0.05, 0.1) is 29.4 Å². The van der Waals surface area contributed by atoms with Crippen LogP contribution in [0.2, 0.25) is 0 Å². The number of nitrogens with zero attached hydrogens (tertiary/aromatic N) is 4. The molecule has 4 rings (SSSR count). The largest absolute Gasteiger partial charge is 0.493 e. The molecule has 0 radical (unpaired) electrons. The Hall–Kier alpha value is -3.45. The number of rotatable bonds is 10. The molecule has 1 fully saturated rings. The highest BCUT2D eigenvalue weighted by molar-refractivity contribution is 7.89. The number of ether oxygens (including phenoxy) is 2. The molecule has 12 nitrogen and oxygen atoms in total. The van der Waals surface area contributed by atoms with Crippen LogP contribution in [0.4, 0.5) is 4.79 Å². The van der Waals surface area contributed by atoms with Crippen molar-refractivity contribution in [2.45, 2.75) is 69.6 Å². The van der Waals surface area contributed by atoms with Crippen molar-refractivity contribution in [3.63, 3.8) is 0 Å². The van der Waals surface area contributed by atoms with Crippen LogP contribution in [-0.2, 0) is 14.8 Å². The number of amides is 1. The molecule has 0 bridgehead atoms. The SMILES string of the molecule is CCOc1ccc(S(=O)(=O)NCCCOC(=O)N(C)C)cc1-c1nn2c(C3CCCCCC3)nc(C)c2c(=O)[nH]1. The molecule has 13 heteroatoms. The van der Waals surface area contributed by atoms with Gasteiger partial charge >= 0.3 is 6.09 Å². The zero-order valence-corrected chi connectivity index (χ0v) is 24.3. The van der Waals surface area contributed by atoms with E-state index in [0.717, 1.165) is 31.5 Å². The minimum atomic E-state index is -3.91. The summed E-state index contributed by atoms with van der Waals surface area (Å²) in [5.41, 5.74) is 1.00. The molecule has 2 heterocycles. The second-order valence-corrected chi connectivity index (χ2v) is 11.9. The second-order valence-electron chi connectivity index (χ2n) is 10.2. The summed E-state index contributed by atoms with van der Waals surface area (Å²) >= 11 is 0. The topological polar surface area (TPSA) is 148 Å². The number of sulfonamides is 1. The van der Waals surface area contributed by atoms with E-state index >= 15 is 0 Å². The number of fused-ring (bicyclic) bond motifs is 1. The number of aryl methyl sites for hydroxylation is 1. The fraction of sp³-hybridized carbons (Fsp3) is 0.556. The summed E-state index contributed by atoms with van der Waals surface area (Å²) in [6.07, 6.45) is 6.37. The highest BCUT2D eigenvalue weighted by Gasteiger charge is 2.25. The Bertz CT molecular complexity index is 1510. The van der Waals surface area contributed by atoms with Crippen LogP contribution in [0.15, 0.2) is 27.9 Å². The van der Waals surface area contributed by atoms with Crippen molar-refractivity contribution in [3.05, 3.63) is 40.1 Å². The first-order chi connectivity index (χ1) is 19.1. The molecule has 1 amide bonds. The first kappa shape index (κ1) is 29.5. The third kappa shape index (κ3) is 6.64. The van der Waals surface area contributed by atoms with Crippen LogP contribution in [0.1, 0.15) is 69.3 Å². The van der Waals surface area contributed by atoms with Gasteiger partial charge in [-0.2, -0.15) is 0 Å². The molecule has 2 aromatic heterocycles. The van der Waals surface area contributed by atoms with Gasteiger partial charge in [0, 0.05) is 26.6 Å². The van der Waals surface area contributed by atoms with Crippen molar-refractivity contribution in [2.75, 3.05) is 33.9 Å². The summed E-state index contributed by atoms with van der Waals surface area (Å²) in [4.78, 5) is 33.6. The van der Waals surface area contributed by atoms with Gasteiger partial charge in [0.1, 0.15) is 11.6 Å². The van der Waals surface area contributed by atoms with Crippen molar-refractivity contribution < 1.29 is 22.7 Å². The number of imidazole rings is 1. The third-order valence-corrected chi connectivity index (χ3v) is 8.40. The third-order valence-electron chi connectivity index (χ3n) is 6.94. The van der Waals surface area contributed by atoms with Gasteiger partial charge in [-0.15, -0.1) is 5.10 Å². The number of aromatic amines is 1. The molecule has 1 saturated carbocycles. The maximum absolute atomic E-state index is 13.2. The molecule has 218 valence electrons. The molecule has 2 N–H and O–H groups in total. The quantitative estimate of drug-likeness (QED) is 0.276. The number of nitrogens with one attached hydrogen (secondary N) is 2. The van der Waals surface area contributed by atoms with Crippen molar-refractivity contribution in [1.29, 1.82) is 0 Å². The van der Waals surface area contributed by atoms with Gasteiger partial charge in [0.2, 0.25) is 10.0 Å². The molecule has 1 aromatic carbocycles. The molecule has 1 aliphatic rings. The van der Waals surface area contributed by atoms with E-state index in [9.17, 15) is 18.0 Å². The zero-order valence-electron chi connectivity index (χ0n) is 23.5. The number of H-pyrrole nitrogens is 1. The summed E-state index contributed by atoms with van der Waals surface area (Å²) in [5, 5.41) is 4.77. The number of carbonyl (C=O) groups is 1. The molecular weight excluding hydrogens is 536 g/mol. The number of hydrogen-bond donors (Lipinski definition) is 2. The van der Waals surface area contributed by atoms with Crippen LogP contribution in [0.3, 0.4) is 0 Å². The summed E-state index contributed by atoms with van der Waals surface area (Å²) in [7, 11) is -0.773. The Morgan fingerprint density at radius 2 is 1.93 bits per heavy atom. The van der Waals surface area contributed by atoms with E-state index < -0.39 is 16.1 Å². The number of aromatic nitrogens is 4. The van der Waals surface area contributed by atoms with Crippen LogP contribution < -0.4 is 15.0 Å². The summed E-state index contributed by atoms with van der Waals surface area (Å²) in [6.45, 7) is 4.12. The zero-order chi connectivity index (χ0) is 28.9.